The van der Waals surface area contributed by atoms with Gasteiger partial charge in [0.1, 0.15) is 17.7 Å². The lowest BCUT2D eigenvalue weighted by atomic mass is 9.94. The van der Waals surface area contributed by atoms with E-state index in [0.29, 0.717) is 11.6 Å². The molecule has 0 aliphatic carbocycles. The maximum atomic E-state index is 8.78. The third-order valence-corrected chi connectivity index (χ3v) is 3.99. The number of nitrogens with zero attached hydrogens (tertiary/aromatic N) is 6. The monoisotopic (exact) mass is 282 g/mol. The summed E-state index contributed by atoms with van der Waals surface area (Å²) in [4.78, 5) is 15.1. The van der Waals surface area contributed by atoms with Crippen LogP contribution in [0.5, 0.6) is 0 Å². The van der Waals surface area contributed by atoms with E-state index in [1.807, 2.05) is 25.5 Å². The van der Waals surface area contributed by atoms with E-state index < -0.39 is 0 Å². The second kappa shape index (κ2) is 5.92. The number of aromatic nitrogens is 4. The van der Waals surface area contributed by atoms with Gasteiger partial charge in [0, 0.05) is 39.0 Å². The molecule has 0 N–H and O–H groups in total. The molecule has 0 saturated carbocycles. The van der Waals surface area contributed by atoms with E-state index in [-0.39, 0.29) is 0 Å². The van der Waals surface area contributed by atoms with E-state index in [9.17, 15) is 0 Å². The summed E-state index contributed by atoms with van der Waals surface area (Å²) in [6, 6.07) is 2.00. The lowest BCUT2D eigenvalue weighted by molar-refractivity contribution is 0.401. The molecule has 0 aromatic carbocycles. The molecule has 1 aliphatic heterocycles. The fourth-order valence-corrected chi connectivity index (χ4v) is 2.83. The highest BCUT2D eigenvalue weighted by molar-refractivity contribution is 5.37. The SMILES string of the molecule is Cn1ccnc1CC1CCCN(c2cnc(C#N)cn2)C1. The molecular weight excluding hydrogens is 264 g/mol. The average molecular weight is 282 g/mol. The quantitative estimate of drug-likeness (QED) is 0.854. The van der Waals surface area contributed by atoms with Crippen LogP contribution in [0.4, 0.5) is 5.82 Å². The van der Waals surface area contributed by atoms with Crippen LogP contribution in [0.1, 0.15) is 24.4 Å². The molecule has 2 aromatic heterocycles. The van der Waals surface area contributed by atoms with E-state index in [4.69, 9.17) is 5.26 Å². The zero-order valence-electron chi connectivity index (χ0n) is 12.1. The van der Waals surface area contributed by atoms with Crippen LogP contribution >= 0.6 is 0 Å². The van der Waals surface area contributed by atoms with Gasteiger partial charge in [0.05, 0.1) is 12.4 Å². The van der Waals surface area contributed by atoms with Gasteiger partial charge in [-0.1, -0.05) is 0 Å². The van der Waals surface area contributed by atoms with Crippen LogP contribution in [-0.2, 0) is 13.5 Å². The minimum atomic E-state index is 0.361. The number of anilines is 1. The van der Waals surface area contributed by atoms with Gasteiger partial charge in [-0.2, -0.15) is 5.26 Å². The van der Waals surface area contributed by atoms with Crippen LogP contribution in [0.15, 0.2) is 24.8 Å². The minimum absolute atomic E-state index is 0.361. The van der Waals surface area contributed by atoms with Crippen molar-refractivity contribution in [3.05, 3.63) is 36.3 Å². The summed E-state index contributed by atoms with van der Waals surface area (Å²) in [5.41, 5.74) is 0.361. The molecule has 1 fully saturated rings. The van der Waals surface area contributed by atoms with Crippen molar-refractivity contribution in [1.29, 1.82) is 5.26 Å². The highest BCUT2D eigenvalue weighted by Gasteiger charge is 2.22. The van der Waals surface area contributed by atoms with Gasteiger partial charge < -0.3 is 9.47 Å². The van der Waals surface area contributed by atoms with Crippen molar-refractivity contribution in [2.45, 2.75) is 19.3 Å². The van der Waals surface area contributed by atoms with E-state index in [0.717, 1.165) is 37.6 Å². The van der Waals surface area contributed by atoms with Gasteiger partial charge in [-0.3, -0.25) is 0 Å². The van der Waals surface area contributed by atoms with Crippen molar-refractivity contribution in [1.82, 2.24) is 19.5 Å². The van der Waals surface area contributed by atoms with Crippen molar-refractivity contribution < 1.29 is 0 Å². The average Bonchev–Trinajstić information content (AvgIpc) is 2.93. The molecule has 0 spiro atoms. The first-order valence-electron chi connectivity index (χ1n) is 7.19. The summed E-state index contributed by atoms with van der Waals surface area (Å²) in [5, 5.41) is 8.78. The molecule has 1 atom stereocenters. The molecule has 1 saturated heterocycles. The standard InChI is InChI=1S/C15H18N6/c1-20-6-4-17-14(20)7-12-3-2-5-21(11-12)15-10-18-13(8-16)9-19-15/h4,6,9-10,12H,2-3,5,7,11H2,1H3. The largest absolute Gasteiger partial charge is 0.355 e. The minimum Gasteiger partial charge on any atom is -0.355 e. The Kier molecular flexibility index (Phi) is 3.82. The Balaban J connectivity index is 1.67. The molecule has 108 valence electrons. The fourth-order valence-electron chi connectivity index (χ4n) is 2.83. The topological polar surface area (TPSA) is 70.6 Å². The number of nitriles is 1. The highest BCUT2D eigenvalue weighted by Crippen LogP contribution is 2.23. The predicted octanol–water partition coefficient (Wildman–Crippen LogP) is 1.54. The number of imidazole rings is 1. The Morgan fingerprint density at radius 3 is 2.90 bits per heavy atom. The van der Waals surface area contributed by atoms with Gasteiger partial charge in [-0.25, -0.2) is 15.0 Å². The summed E-state index contributed by atoms with van der Waals surface area (Å²) >= 11 is 0. The first-order valence-corrected chi connectivity index (χ1v) is 7.19. The molecule has 3 rings (SSSR count). The first-order chi connectivity index (χ1) is 10.3. The zero-order chi connectivity index (χ0) is 14.7. The molecule has 1 unspecified atom stereocenters. The summed E-state index contributed by atoms with van der Waals surface area (Å²) in [7, 11) is 2.04. The van der Waals surface area contributed by atoms with E-state index >= 15 is 0 Å². The van der Waals surface area contributed by atoms with Crippen LogP contribution in [0.2, 0.25) is 0 Å². The lowest BCUT2D eigenvalue weighted by Gasteiger charge is -2.33. The van der Waals surface area contributed by atoms with Crippen LogP contribution in [0.25, 0.3) is 0 Å². The van der Waals surface area contributed by atoms with Crippen LogP contribution in [0.3, 0.4) is 0 Å². The number of piperidine rings is 1. The second-order valence-corrected chi connectivity index (χ2v) is 5.48. The summed E-state index contributed by atoms with van der Waals surface area (Å²) in [6.07, 6.45) is 10.4. The normalized spacial score (nSPS) is 18.5. The van der Waals surface area contributed by atoms with Crippen molar-refractivity contribution >= 4 is 5.82 Å². The predicted molar refractivity (Wildman–Crippen MR) is 78.6 cm³/mol. The summed E-state index contributed by atoms with van der Waals surface area (Å²) in [6.45, 7) is 1.96. The lowest BCUT2D eigenvalue weighted by Crippen LogP contribution is -2.37. The Bertz CT molecular complexity index is 639. The van der Waals surface area contributed by atoms with Crippen molar-refractivity contribution in [2.24, 2.45) is 13.0 Å². The fraction of sp³-hybridized carbons (Fsp3) is 0.467. The molecule has 6 nitrogen and oxygen atoms in total. The number of hydrogen-bond donors (Lipinski definition) is 0. The Morgan fingerprint density at radius 2 is 2.24 bits per heavy atom. The number of hydrogen-bond acceptors (Lipinski definition) is 5. The van der Waals surface area contributed by atoms with Crippen molar-refractivity contribution in [3.8, 4) is 6.07 Å². The Labute approximate surface area is 124 Å². The molecule has 1 aliphatic rings. The van der Waals surface area contributed by atoms with E-state index in [1.54, 1.807) is 6.20 Å². The van der Waals surface area contributed by atoms with Crippen molar-refractivity contribution in [3.63, 3.8) is 0 Å². The molecule has 0 radical (unpaired) electrons. The smallest absolute Gasteiger partial charge is 0.158 e. The summed E-state index contributed by atoms with van der Waals surface area (Å²) in [5.74, 6) is 2.57. The third kappa shape index (κ3) is 3.02. The molecule has 21 heavy (non-hydrogen) atoms. The van der Waals surface area contributed by atoms with Gasteiger partial charge in [-0.15, -0.1) is 0 Å². The second-order valence-electron chi connectivity index (χ2n) is 5.48. The zero-order valence-corrected chi connectivity index (χ0v) is 12.1. The van der Waals surface area contributed by atoms with Crippen molar-refractivity contribution in [2.75, 3.05) is 18.0 Å². The van der Waals surface area contributed by atoms with Crippen LogP contribution in [-0.4, -0.2) is 32.6 Å². The summed E-state index contributed by atoms with van der Waals surface area (Å²) < 4.78 is 2.08. The van der Waals surface area contributed by atoms with E-state index in [2.05, 4.69) is 24.4 Å². The highest BCUT2D eigenvalue weighted by atomic mass is 15.2. The van der Waals surface area contributed by atoms with Gasteiger partial charge in [0.25, 0.3) is 0 Å². The molecule has 6 heteroatoms. The van der Waals surface area contributed by atoms with Gasteiger partial charge in [0.15, 0.2) is 5.69 Å². The number of rotatable bonds is 3. The Hall–Kier alpha value is -2.42. The van der Waals surface area contributed by atoms with Crippen LogP contribution in [0, 0.1) is 17.2 Å². The first kappa shape index (κ1) is 13.6. The Morgan fingerprint density at radius 1 is 1.33 bits per heavy atom. The maximum absolute atomic E-state index is 8.78. The third-order valence-electron chi connectivity index (χ3n) is 3.99. The van der Waals surface area contributed by atoms with Crippen LogP contribution < -0.4 is 4.90 Å². The molecule has 2 aromatic rings. The van der Waals surface area contributed by atoms with Gasteiger partial charge >= 0.3 is 0 Å². The molecule has 3 heterocycles. The number of aryl methyl sites for hydroxylation is 1. The maximum Gasteiger partial charge on any atom is 0.158 e. The van der Waals surface area contributed by atoms with Gasteiger partial charge in [0.2, 0.25) is 0 Å². The molecular formula is C15H18N6. The molecule has 0 bridgehead atoms. The van der Waals surface area contributed by atoms with E-state index in [1.165, 1.54) is 12.6 Å². The van der Waals surface area contributed by atoms with Gasteiger partial charge in [-0.05, 0) is 18.8 Å². The molecule has 0 amide bonds.